The molecule has 1 aromatic carbocycles. The predicted octanol–water partition coefficient (Wildman–Crippen LogP) is 1.91. The standard InChI is InChI=1S/C10H13NO.H2/c1-10(2,11-8-12)9-6-4-3-5-7-9;/h3-8H,1-2H3,(H,11,12);1H. The Hall–Kier alpha value is -1.31. The Kier molecular flexibility index (Phi) is 2.48. The lowest BCUT2D eigenvalue weighted by Crippen LogP contribution is -2.35. The largest absolute Gasteiger partial charge is 0.350 e. The lowest BCUT2D eigenvalue weighted by Gasteiger charge is -2.24. The Bertz CT molecular complexity index is 259. The van der Waals surface area contributed by atoms with Crippen LogP contribution < -0.4 is 5.32 Å². The van der Waals surface area contributed by atoms with Crippen LogP contribution in [0.15, 0.2) is 30.3 Å². The van der Waals surface area contributed by atoms with Gasteiger partial charge >= 0.3 is 0 Å². The van der Waals surface area contributed by atoms with Gasteiger partial charge in [-0.3, -0.25) is 4.79 Å². The Morgan fingerprint density at radius 2 is 1.92 bits per heavy atom. The maximum atomic E-state index is 10.3. The molecule has 1 N–H and O–H groups in total. The van der Waals surface area contributed by atoms with Gasteiger partial charge in [0.1, 0.15) is 0 Å². The molecule has 0 aromatic heterocycles. The molecule has 0 fully saturated rings. The van der Waals surface area contributed by atoms with Crippen LogP contribution in [0.3, 0.4) is 0 Å². The smallest absolute Gasteiger partial charge is 0.207 e. The SMILES string of the molecule is CC(C)(NC=O)c1ccccc1.[HH]. The fourth-order valence-electron chi connectivity index (χ4n) is 1.09. The molecule has 0 unspecified atom stereocenters. The summed E-state index contributed by atoms with van der Waals surface area (Å²) in [6.45, 7) is 3.94. The van der Waals surface area contributed by atoms with Gasteiger partial charge in [0.25, 0.3) is 0 Å². The zero-order valence-corrected chi connectivity index (χ0v) is 7.37. The number of hydrogen-bond acceptors (Lipinski definition) is 1. The fraction of sp³-hybridized carbons (Fsp3) is 0.300. The van der Waals surface area contributed by atoms with Crippen molar-refractivity contribution < 1.29 is 6.22 Å². The summed E-state index contributed by atoms with van der Waals surface area (Å²) in [5.74, 6) is 0. The Balaban J connectivity index is 0.00000144. The van der Waals surface area contributed by atoms with Crippen LogP contribution in [0.2, 0.25) is 0 Å². The molecule has 0 aliphatic rings. The molecule has 0 atom stereocenters. The van der Waals surface area contributed by atoms with Crippen LogP contribution in [-0.4, -0.2) is 6.41 Å². The third-order valence-corrected chi connectivity index (χ3v) is 1.92. The van der Waals surface area contributed by atoms with Gasteiger partial charge in [-0.15, -0.1) is 0 Å². The van der Waals surface area contributed by atoms with Crippen LogP contribution in [0.25, 0.3) is 0 Å². The van der Waals surface area contributed by atoms with Gasteiger partial charge in [0.05, 0.1) is 5.54 Å². The van der Waals surface area contributed by atoms with Gasteiger partial charge in [0.15, 0.2) is 0 Å². The van der Waals surface area contributed by atoms with Gasteiger partial charge in [0.2, 0.25) is 6.41 Å². The van der Waals surface area contributed by atoms with E-state index >= 15 is 0 Å². The van der Waals surface area contributed by atoms with Gasteiger partial charge in [-0.2, -0.15) is 0 Å². The van der Waals surface area contributed by atoms with Crippen molar-refractivity contribution in [3.05, 3.63) is 35.9 Å². The molecule has 0 bridgehead atoms. The minimum Gasteiger partial charge on any atom is -0.350 e. The van der Waals surface area contributed by atoms with E-state index in [0.29, 0.717) is 0 Å². The van der Waals surface area contributed by atoms with Gasteiger partial charge in [-0.05, 0) is 19.4 Å². The molecule has 0 saturated carbocycles. The Morgan fingerprint density at radius 1 is 1.33 bits per heavy atom. The topological polar surface area (TPSA) is 29.1 Å². The lowest BCUT2D eigenvalue weighted by atomic mass is 9.95. The third kappa shape index (κ3) is 1.84. The van der Waals surface area contributed by atoms with Crippen molar-refractivity contribution in [1.29, 1.82) is 0 Å². The summed E-state index contributed by atoms with van der Waals surface area (Å²) in [6.07, 6.45) is 0.729. The molecule has 2 nitrogen and oxygen atoms in total. The highest BCUT2D eigenvalue weighted by molar-refractivity contribution is 5.49. The highest BCUT2D eigenvalue weighted by Gasteiger charge is 2.17. The molecular formula is C10H15NO. The zero-order valence-electron chi connectivity index (χ0n) is 7.37. The number of rotatable bonds is 3. The second kappa shape index (κ2) is 3.39. The zero-order chi connectivity index (χ0) is 9.03. The molecule has 0 saturated heterocycles. The molecule has 0 aliphatic heterocycles. The van der Waals surface area contributed by atoms with E-state index in [0.717, 1.165) is 12.0 Å². The number of nitrogens with one attached hydrogen (secondary N) is 1. The van der Waals surface area contributed by atoms with Crippen molar-refractivity contribution in [2.24, 2.45) is 0 Å². The molecule has 0 radical (unpaired) electrons. The maximum absolute atomic E-state index is 10.3. The first-order chi connectivity index (χ1) is 5.67. The highest BCUT2D eigenvalue weighted by Crippen LogP contribution is 2.17. The number of hydrogen-bond donors (Lipinski definition) is 1. The first-order valence-electron chi connectivity index (χ1n) is 3.94. The van der Waals surface area contributed by atoms with Crippen LogP contribution in [-0.2, 0) is 10.3 Å². The van der Waals surface area contributed by atoms with E-state index in [-0.39, 0.29) is 6.97 Å². The molecule has 1 amide bonds. The van der Waals surface area contributed by atoms with Gasteiger partial charge in [-0.1, -0.05) is 30.3 Å². The van der Waals surface area contributed by atoms with Crippen molar-refractivity contribution in [3.63, 3.8) is 0 Å². The van der Waals surface area contributed by atoms with E-state index in [4.69, 9.17) is 0 Å². The summed E-state index contributed by atoms with van der Waals surface area (Å²) >= 11 is 0. The molecule has 1 aromatic rings. The van der Waals surface area contributed by atoms with E-state index in [9.17, 15) is 4.79 Å². The average Bonchev–Trinajstić information content (AvgIpc) is 2.06. The van der Waals surface area contributed by atoms with Crippen molar-refractivity contribution in [3.8, 4) is 0 Å². The number of carbonyl (C=O) groups excluding carboxylic acids is 1. The quantitative estimate of drug-likeness (QED) is 0.681. The Morgan fingerprint density at radius 3 is 2.42 bits per heavy atom. The number of carbonyl (C=O) groups is 1. The first-order valence-corrected chi connectivity index (χ1v) is 3.94. The fourth-order valence-corrected chi connectivity index (χ4v) is 1.09. The number of benzene rings is 1. The molecule has 0 aliphatic carbocycles. The molecule has 0 spiro atoms. The van der Waals surface area contributed by atoms with E-state index in [1.165, 1.54) is 0 Å². The molecule has 0 heterocycles. The monoisotopic (exact) mass is 165 g/mol. The predicted molar refractivity (Wildman–Crippen MR) is 50.8 cm³/mol. The van der Waals surface area contributed by atoms with Gasteiger partial charge in [0, 0.05) is 1.43 Å². The van der Waals surface area contributed by atoms with Crippen molar-refractivity contribution in [2.75, 3.05) is 0 Å². The van der Waals surface area contributed by atoms with Crippen molar-refractivity contribution in [2.45, 2.75) is 19.4 Å². The van der Waals surface area contributed by atoms with Gasteiger partial charge in [-0.25, -0.2) is 0 Å². The average molecular weight is 165 g/mol. The summed E-state index contributed by atoms with van der Waals surface area (Å²) < 4.78 is 0. The summed E-state index contributed by atoms with van der Waals surface area (Å²) in [6, 6.07) is 9.88. The minimum absolute atomic E-state index is 0. The maximum Gasteiger partial charge on any atom is 0.207 e. The third-order valence-electron chi connectivity index (χ3n) is 1.92. The van der Waals surface area contributed by atoms with Crippen LogP contribution in [0, 0.1) is 0 Å². The van der Waals surface area contributed by atoms with Crippen LogP contribution >= 0.6 is 0 Å². The van der Waals surface area contributed by atoms with E-state index in [1.807, 2.05) is 44.2 Å². The summed E-state index contributed by atoms with van der Waals surface area (Å²) in [5.41, 5.74) is 0.834. The lowest BCUT2D eigenvalue weighted by molar-refractivity contribution is -0.111. The van der Waals surface area contributed by atoms with Crippen LogP contribution in [0.1, 0.15) is 20.8 Å². The number of amides is 1. The van der Waals surface area contributed by atoms with E-state index < -0.39 is 0 Å². The molecule has 66 valence electrons. The first kappa shape index (κ1) is 8.78. The second-order valence-electron chi connectivity index (χ2n) is 3.25. The van der Waals surface area contributed by atoms with Crippen molar-refractivity contribution in [1.82, 2.24) is 5.32 Å². The summed E-state index contributed by atoms with van der Waals surface area (Å²) in [5, 5.41) is 2.76. The van der Waals surface area contributed by atoms with E-state index in [2.05, 4.69) is 5.32 Å². The highest BCUT2D eigenvalue weighted by atomic mass is 16.1. The van der Waals surface area contributed by atoms with Crippen LogP contribution in [0.5, 0.6) is 0 Å². The molecule has 2 heteroatoms. The summed E-state index contributed by atoms with van der Waals surface area (Å²) in [7, 11) is 0. The van der Waals surface area contributed by atoms with Crippen LogP contribution in [0.4, 0.5) is 0 Å². The van der Waals surface area contributed by atoms with E-state index in [1.54, 1.807) is 0 Å². The van der Waals surface area contributed by atoms with Crippen molar-refractivity contribution >= 4 is 6.41 Å². The second-order valence-corrected chi connectivity index (χ2v) is 3.25. The molecule has 1 rings (SSSR count). The molecular weight excluding hydrogens is 150 g/mol. The molecule has 12 heavy (non-hydrogen) atoms. The minimum atomic E-state index is -0.275. The normalized spacial score (nSPS) is 10.8. The van der Waals surface area contributed by atoms with Gasteiger partial charge < -0.3 is 5.32 Å². The summed E-state index contributed by atoms with van der Waals surface area (Å²) in [4.78, 5) is 10.3. The Labute approximate surface area is 74.1 Å².